The molecule has 5 heteroatoms. The number of benzene rings is 2. The van der Waals surface area contributed by atoms with Gasteiger partial charge in [0.15, 0.2) is 5.76 Å². The van der Waals surface area contributed by atoms with Gasteiger partial charge < -0.3 is 14.5 Å². The molecule has 0 fully saturated rings. The zero-order valence-corrected chi connectivity index (χ0v) is 16.3. The minimum absolute atomic E-state index is 0.103. The summed E-state index contributed by atoms with van der Waals surface area (Å²) in [5.41, 5.74) is 2.25. The molecule has 1 N–H and O–H groups in total. The van der Waals surface area contributed by atoms with Crippen LogP contribution in [0.2, 0.25) is 0 Å². The molecule has 1 amide bonds. The minimum atomic E-state index is -0.506. The smallest absolute Gasteiger partial charge is 0.291 e. The van der Waals surface area contributed by atoms with Crippen LogP contribution < -0.4 is 10.1 Å². The number of halogens is 1. The Morgan fingerprint density at radius 2 is 1.89 bits per heavy atom. The van der Waals surface area contributed by atoms with Crippen molar-refractivity contribution in [2.45, 2.75) is 39.7 Å². The maximum atomic E-state index is 13.8. The van der Waals surface area contributed by atoms with E-state index in [9.17, 15) is 9.18 Å². The number of amides is 1. The summed E-state index contributed by atoms with van der Waals surface area (Å²) in [7, 11) is 0. The number of carbonyl (C=O) groups excluding carboxylic acids is 1. The first-order chi connectivity index (χ1) is 13.5. The SMILES string of the molecule is CCC(C)c1ccc(OCc2ccc(C(=O)Nc3cc(C)ccc3F)o2)cc1. The average Bonchev–Trinajstić information content (AvgIpc) is 3.18. The van der Waals surface area contributed by atoms with Crippen molar-refractivity contribution in [2.24, 2.45) is 0 Å². The van der Waals surface area contributed by atoms with Crippen molar-refractivity contribution in [1.29, 1.82) is 0 Å². The summed E-state index contributed by atoms with van der Waals surface area (Å²) in [4.78, 5) is 12.3. The van der Waals surface area contributed by atoms with Gasteiger partial charge in [0.2, 0.25) is 0 Å². The zero-order valence-electron chi connectivity index (χ0n) is 16.3. The summed E-state index contributed by atoms with van der Waals surface area (Å²) in [6.45, 7) is 6.38. The third-order valence-corrected chi connectivity index (χ3v) is 4.70. The number of furan rings is 1. The van der Waals surface area contributed by atoms with Crippen LogP contribution in [-0.4, -0.2) is 5.91 Å². The van der Waals surface area contributed by atoms with Crippen molar-refractivity contribution < 1.29 is 18.3 Å². The molecule has 1 unspecified atom stereocenters. The predicted octanol–water partition coefficient (Wildman–Crippen LogP) is 6.07. The van der Waals surface area contributed by atoms with Crippen LogP contribution in [0.25, 0.3) is 0 Å². The van der Waals surface area contributed by atoms with Gasteiger partial charge in [-0.25, -0.2) is 4.39 Å². The second kappa shape index (κ2) is 8.74. The molecule has 0 radical (unpaired) electrons. The van der Waals surface area contributed by atoms with Crippen molar-refractivity contribution in [2.75, 3.05) is 5.32 Å². The van der Waals surface area contributed by atoms with E-state index >= 15 is 0 Å². The monoisotopic (exact) mass is 381 g/mol. The second-order valence-corrected chi connectivity index (χ2v) is 6.87. The Labute approximate surface area is 164 Å². The van der Waals surface area contributed by atoms with E-state index in [1.165, 1.54) is 11.6 Å². The lowest BCUT2D eigenvalue weighted by molar-refractivity contribution is 0.0992. The van der Waals surface area contributed by atoms with Crippen molar-refractivity contribution in [3.8, 4) is 5.75 Å². The van der Waals surface area contributed by atoms with E-state index in [2.05, 4.69) is 31.3 Å². The maximum Gasteiger partial charge on any atom is 0.291 e. The summed E-state index contributed by atoms with van der Waals surface area (Å²) in [6, 6.07) is 15.7. The van der Waals surface area contributed by atoms with E-state index in [4.69, 9.17) is 9.15 Å². The first-order valence-electron chi connectivity index (χ1n) is 9.35. The molecule has 146 valence electrons. The number of aryl methyl sites for hydroxylation is 1. The van der Waals surface area contributed by atoms with Gasteiger partial charge in [-0.1, -0.05) is 32.0 Å². The van der Waals surface area contributed by atoms with Gasteiger partial charge in [-0.05, 0) is 66.8 Å². The number of ether oxygens (including phenoxy) is 1. The molecule has 28 heavy (non-hydrogen) atoms. The Balaban J connectivity index is 1.59. The highest BCUT2D eigenvalue weighted by atomic mass is 19.1. The lowest BCUT2D eigenvalue weighted by Gasteiger charge is -2.10. The number of nitrogens with one attached hydrogen (secondary N) is 1. The van der Waals surface area contributed by atoms with Crippen LogP contribution in [0.3, 0.4) is 0 Å². The highest BCUT2D eigenvalue weighted by molar-refractivity contribution is 6.02. The van der Waals surface area contributed by atoms with Gasteiger partial charge in [0.05, 0.1) is 5.69 Å². The quantitative estimate of drug-likeness (QED) is 0.540. The van der Waals surface area contributed by atoms with Gasteiger partial charge in [-0.15, -0.1) is 0 Å². The van der Waals surface area contributed by atoms with E-state index in [0.29, 0.717) is 11.7 Å². The Morgan fingerprint density at radius 1 is 1.14 bits per heavy atom. The predicted molar refractivity (Wildman–Crippen MR) is 107 cm³/mol. The molecule has 3 rings (SSSR count). The summed E-state index contributed by atoms with van der Waals surface area (Å²) >= 11 is 0. The molecule has 0 saturated carbocycles. The molecule has 0 aliphatic carbocycles. The summed E-state index contributed by atoms with van der Waals surface area (Å²) in [5.74, 6) is 0.866. The van der Waals surface area contributed by atoms with Crippen LogP contribution in [-0.2, 0) is 6.61 Å². The Hall–Kier alpha value is -3.08. The lowest BCUT2D eigenvalue weighted by atomic mass is 9.99. The van der Waals surface area contributed by atoms with E-state index in [1.807, 2.05) is 19.1 Å². The van der Waals surface area contributed by atoms with Crippen LogP contribution in [0.15, 0.2) is 59.0 Å². The summed E-state index contributed by atoms with van der Waals surface area (Å²) < 4.78 is 25.0. The number of rotatable bonds is 7. The molecule has 2 aromatic carbocycles. The fourth-order valence-corrected chi connectivity index (χ4v) is 2.78. The van der Waals surface area contributed by atoms with Crippen LogP contribution >= 0.6 is 0 Å². The molecular formula is C23H24FNO3. The van der Waals surface area contributed by atoms with E-state index in [1.54, 1.807) is 24.3 Å². The molecule has 1 heterocycles. The van der Waals surface area contributed by atoms with Gasteiger partial charge in [-0.2, -0.15) is 0 Å². The van der Waals surface area contributed by atoms with Crippen molar-refractivity contribution in [1.82, 2.24) is 0 Å². The topological polar surface area (TPSA) is 51.5 Å². The van der Waals surface area contributed by atoms with Crippen LogP contribution in [0.4, 0.5) is 10.1 Å². The van der Waals surface area contributed by atoms with E-state index < -0.39 is 11.7 Å². The number of anilines is 1. The molecule has 0 aliphatic heterocycles. The third-order valence-electron chi connectivity index (χ3n) is 4.70. The van der Waals surface area contributed by atoms with Gasteiger partial charge >= 0.3 is 0 Å². The van der Waals surface area contributed by atoms with Crippen LogP contribution in [0, 0.1) is 12.7 Å². The van der Waals surface area contributed by atoms with E-state index in [0.717, 1.165) is 17.7 Å². The Kier molecular flexibility index (Phi) is 6.14. The second-order valence-electron chi connectivity index (χ2n) is 6.87. The standard InChI is InChI=1S/C23H24FNO3/c1-4-16(3)17-6-8-18(9-7-17)27-14-19-10-12-22(28-19)23(26)25-21-13-15(2)5-11-20(21)24/h5-13,16H,4,14H2,1-3H3,(H,25,26). The number of hydrogen-bond donors (Lipinski definition) is 1. The molecule has 1 aromatic heterocycles. The molecule has 3 aromatic rings. The fourth-order valence-electron chi connectivity index (χ4n) is 2.78. The molecule has 0 bridgehead atoms. The minimum Gasteiger partial charge on any atom is -0.486 e. The van der Waals surface area contributed by atoms with Gasteiger partial charge in [0.1, 0.15) is 23.9 Å². The molecule has 1 atom stereocenters. The number of hydrogen-bond acceptors (Lipinski definition) is 3. The fraction of sp³-hybridized carbons (Fsp3) is 0.261. The van der Waals surface area contributed by atoms with Crippen LogP contribution in [0.5, 0.6) is 5.75 Å². The normalized spacial score (nSPS) is 11.9. The maximum absolute atomic E-state index is 13.8. The van der Waals surface area contributed by atoms with Crippen LogP contribution in [0.1, 0.15) is 53.6 Å². The highest BCUT2D eigenvalue weighted by Gasteiger charge is 2.14. The van der Waals surface area contributed by atoms with Gasteiger partial charge in [0, 0.05) is 0 Å². The number of carbonyl (C=O) groups is 1. The third kappa shape index (κ3) is 4.80. The van der Waals surface area contributed by atoms with Crippen molar-refractivity contribution in [3.05, 3.63) is 83.1 Å². The lowest BCUT2D eigenvalue weighted by Crippen LogP contribution is -2.12. The Bertz CT molecular complexity index is 947. The van der Waals surface area contributed by atoms with Gasteiger partial charge in [-0.3, -0.25) is 4.79 Å². The summed E-state index contributed by atoms with van der Waals surface area (Å²) in [6.07, 6.45) is 1.09. The van der Waals surface area contributed by atoms with E-state index in [-0.39, 0.29) is 18.1 Å². The van der Waals surface area contributed by atoms with Crippen molar-refractivity contribution >= 4 is 11.6 Å². The Morgan fingerprint density at radius 3 is 2.61 bits per heavy atom. The molecule has 0 aliphatic rings. The summed E-state index contributed by atoms with van der Waals surface area (Å²) in [5, 5.41) is 2.53. The van der Waals surface area contributed by atoms with Gasteiger partial charge in [0.25, 0.3) is 5.91 Å². The molecular weight excluding hydrogens is 357 g/mol. The molecule has 4 nitrogen and oxygen atoms in total. The molecule has 0 spiro atoms. The first-order valence-corrected chi connectivity index (χ1v) is 9.35. The highest BCUT2D eigenvalue weighted by Crippen LogP contribution is 2.22. The zero-order chi connectivity index (χ0) is 20.1. The largest absolute Gasteiger partial charge is 0.486 e. The first kappa shape index (κ1) is 19.7. The van der Waals surface area contributed by atoms with Crippen molar-refractivity contribution in [3.63, 3.8) is 0 Å². The average molecular weight is 381 g/mol. The molecule has 0 saturated heterocycles.